The number of aromatic nitrogens is 2. The monoisotopic (exact) mass is 476 g/mol. The highest BCUT2D eigenvalue weighted by molar-refractivity contribution is 7.25. The van der Waals surface area contributed by atoms with E-state index in [2.05, 4.69) is 120 Å². The van der Waals surface area contributed by atoms with Crippen molar-refractivity contribution in [3.8, 4) is 16.9 Å². The zero-order chi connectivity index (χ0) is 23.6. The first-order chi connectivity index (χ1) is 17.8. The van der Waals surface area contributed by atoms with Crippen molar-refractivity contribution in [1.82, 2.24) is 9.55 Å². The Bertz CT molecular complexity index is 2110. The van der Waals surface area contributed by atoms with Crippen molar-refractivity contribution in [3.05, 3.63) is 121 Å². The SMILES string of the molecule is c1ccc2nc(-n3c4ccccc4c4cc(-c5ccc6sc7ccccc7c6c5)ccc43)ccc2c1. The predicted octanol–water partition coefficient (Wildman–Crippen LogP) is 9.37. The lowest BCUT2D eigenvalue weighted by Gasteiger charge is -2.09. The summed E-state index contributed by atoms with van der Waals surface area (Å²) in [5.41, 5.74) is 5.83. The number of nitrogens with zero attached hydrogens (tertiary/aromatic N) is 2. The fraction of sp³-hybridized carbons (Fsp3) is 0. The topological polar surface area (TPSA) is 17.8 Å². The van der Waals surface area contributed by atoms with Gasteiger partial charge < -0.3 is 0 Å². The van der Waals surface area contributed by atoms with E-state index in [0.717, 1.165) is 16.7 Å². The molecule has 0 aliphatic heterocycles. The van der Waals surface area contributed by atoms with E-state index in [-0.39, 0.29) is 0 Å². The van der Waals surface area contributed by atoms with Crippen LogP contribution in [0.3, 0.4) is 0 Å². The maximum atomic E-state index is 5.02. The van der Waals surface area contributed by atoms with E-state index in [0.29, 0.717) is 0 Å². The molecule has 0 aliphatic carbocycles. The van der Waals surface area contributed by atoms with Crippen molar-refractivity contribution < 1.29 is 0 Å². The minimum absolute atomic E-state index is 0.943. The third kappa shape index (κ3) is 2.87. The summed E-state index contributed by atoms with van der Waals surface area (Å²) in [5, 5.41) is 6.30. The number of benzene rings is 5. The second-order valence-corrected chi connectivity index (χ2v) is 10.3. The number of thiophene rings is 1. The van der Waals surface area contributed by atoms with Crippen LogP contribution in [0.15, 0.2) is 121 Å². The molecule has 0 N–H and O–H groups in total. The number of hydrogen-bond donors (Lipinski definition) is 0. The van der Waals surface area contributed by atoms with Gasteiger partial charge >= 0.3 is 0 Å². The summed E-state index contributed by atoms with van der Waals surface area (Å²) in [6.45, 7) is 0. The van der Waals surface area contributed by atoms with Gasteiger partial charge in [0.05, 0.1) is 16.6 Å². The minimum atomic E-state index is 0.943. The number of para-hydroxylation sites is 2. The van der Waals surface area contributed by atoms with Crippen LogP contribution < -0.4 is 0 Å². The van der Waals surface area contributed by atoms with E-state index >= 15 is 0 Å². The van der Waals surface area contributed by atoms with Gasteiger partial charge in [0, 0.05) is 36.3 Å². The molecule has 0 spiro atoms. The Morgan fingerprint density at radius 3 is 2.14 bits per heavy atom. The highest BCUT2D eigenvalue weighted by Crippen LogP contribution is 2.38. The second kappa shape index (κ2) is 7.51. The first-order valence-electron chi connectivity index (χ1n) is 12.1. The van der Waals surface area contributed by atoms with Crippen LogP contribution in [-0.2, 0) is 0 Å². The van der Waals surface area contributed by atoms with Crippen LogP contribution in [0.25, 0.3) is 69.8 Å². The average molecular weight is 477 g/mol. The molecule has 2 nitrogen and oxygen atoms in total. The van der Waals surface area contributed by atoms with Crippen molar-refractivity contribution in [2.24, 2.45) is 0 Å². The summed E-state index contributed by atoms with van der Waals surface area (Å²) < 4.78 is 4.96. The molecule has 36 heavy (non-hydrogen) atoms. The van der Waals surface area contributed by atoms with Gasteiger partial charge in [-0.05, 0) is 65.7 Å². The molecule has 0 saturated carbocycles. The van der Waals surface area contributed by atoms with Crippen LogP contribution >= 0.6 is 11.3 Å². The fourth-order valence-electron chi connectivity index (χ4n) is 5.48. The number of rotatable bonds is 2. The molecule has 0 atom stereocenters. The van der Waals surface area contributed by atoms with Crippen LogP contribution in [0.5, 0.6) is 0 Å². The first-order valence-corrected chi connectivity index (χ1v) is 13.0. The van der Waals surface area contributed by atoms with Crippen LogP contribution in [-0.4, -0.2) is 9.55 Å². The maximum Gasteiger partial charge on any atom is 0.138 e. The lowest BCUT2D eigenvalue weighted by Crippen LogP contribution is -1.97. The Hall–Kier alpha value is -4.47. The molecule has 0 radical (unpaired) electrons. The number of hydrogen-bond acceptors (Lipinski definition) is 2. The predicted molar refractivity (Wildman–Crippen MR) is 154 cm³/mol. The molecule has 0 unspecified atom stereocenters. The van der Waals surface area contributed by atoms with Crippen molar-refractivity contribution in [2.75, 3.05) is 0 Å². The van der Waals surface area contributed by atoms with E-state index < -0.39 is 0 Å². The van der Waals surface area contributed by atoms with Crippen LogP contribution in [0, 0.1) is 0 Å². The van der Waals surface area contributed by atoms with E-state index in [1.807, 2.05) is 17.4 Å². The summed E-state index contributed by atoms with van der Waals surface area (Å²) in [6, 6.07) is 43.6. The van der Waals surface area contributed by atoms with E-state index in [1.54, 1.807) is 0 Å². The zero-order valence-corrected chi connectivity index (χ0v) is 20.2. The third-order valence-electron chi connectivity index (χ3n) is 7.20. The molecule has 8 rings (SSSR count). The normalized spacial score (nSPS) is 11.9. The van der Waals surface area contributed by atoms with Crippen LogP contribution in [0.4, 0.5) is 0 Å². The van der Waals surface area contributed by atoms with Gasteiger partial charge in [-0.2, -0.15) is 0 Å². The molecular weight excluding hydrogens is 456 g/mol. The van der Waals surface area contributed by atoms with E-state index in [4.69, 9.17) is 4.98 Å². The van der Waals surface area contributed by atoms with Crippen molar-refractivity contribution in [1.29, 1.82) is 0 Å². The molecule has 3 heterocycles. The van der Waals surface area contributed by atoms with Gasteiger partial charge in [0.15, 0.2) is 0 Å². The average Bonchev–Trinajstić information content (AvgIpc) is 3.48. The van der Waals surface area contributed by atoms with Crippen LogP contribution in [0.2, 0.25) is 0 Å². The molecule has 5 aromatic carbocycles. The second-order valence-electron chi connectivity index (χ2n) is 9.26. The lowest BCUT2D eigenvalue weighted by molar-refractivity contribution is 1.10. The van der Waals surface area contributed by atoms with E-state index in [1.165, 1.54) is 53.1 Å². The Morgan fingerprint density at radius 2 is 1.19 bits per heavy atom. The van der Waals surface area contributed by atoms with Gasteiger partial charge in [-0.25, -0.2) is 4.98 Å². The van der Waals surface area contributed by atoms with Gasteiger partial charge in [0.1, 0.15) is 5.82 Å². The summed E-state index contributed by atoms with van der Waals surface area (Å²) >= 11 is 1.86. The number of pyridine rings is 1. The molecule has 8 aromatic rings. The molecule has 0 fully saturated rings. The van der Waals surface area contributed by atoms with Gasteiger partial charge in [0.2, 0.25) is 0 Å². The summed E-state index contributed by atoms with van der Waals surface area (Å²) in [4.78, 5) is 5.02. The molecule has 0 saturated heterocycles. The Morgan fingerprint density at radius 1 is 0.500 bits per heavy atom. The minimum Gasteiger partial charge on any atom is -0.294 e. The smallest absolute Gasteiger partial charge is 0.138 e. The molecular formula is C33H20N2S. The number of fused-ring (bicyclic) bond motifs is 7. The first kappa shape index (κ1) is 19.8. The standard InChI is InChI=1S/C33H20N2S/c1-4-10-28-21(7-1)15-18-33(34-28)35-29-11-5-2-8-24(29)26-19-22(13-16-30(26)35)23-14-17-32-27(20-23)25-9-3-6-12-31(25)36-32/h1-20H. The Labute approximate surface area is 211 Å². The quantitative estimate of drug-likeness (QED) is 0.243. The van der Waals surface area contributed by atoms with Crippen molar-refractivity contribution >= 4 is 64.2 Å². The van der Waals surface area contributed by atoms with Crippen molar-refractivity contribution in [2.45, 2.75) is 0 Å². The van der Waals surface area contributed by atoms with Crippen LogP contribution in [0.1, 0.15) is 0 Å². The summed E-state index contributed by atoms with van der Waals surface area (Å²) in [6.07, 6.45) is 0. The van der Waals surface area contributed by atoms with Gasteiger partial charge in [-0.15, -0.1) is 11.3 Å². The van der Waals surface area contributed by atoms with Gasteiger partial charge in [-0.3, -0.25) is 4.57 Å². The maximum absolute atomic E-state index is 5.02. The van der Waals surface area contributed by atoms with Gasteiger partial charge in [0.25, 0.3) is 0 Å². The molecule has 168 valence electrons. The van der Waals surface area contributed by atoms with E-state index in [9.17, 15) is 0 Å². The third-order valence-corrected chi connectivity index (χ3v) is 8.35. The highest BCUT2D eigenvalue weighted by Gasteiger charge is 2.15. The lowest BCUT2D eigenvalue weighted by atomic mass is 10.0. The van der Waals surface area contributed by atoms with Crippen molar-refractivity contribution in [3.63, 3.8) is 0 Å². The molecule has 3 heteroatoms. The summed E-state index contributed by atoms with van der Waals surface area (Å²) in [7, 11) is 0. The molecule has 3 aromatic heterocycles. The molecule has 0 bridgehead atoms. The Balaban J connectivity index is 1.36. The fourth-order valence-corrected chi connectivity index (χ4v) is 6.57. The Kier molecular flexibility index (Phi) is 4.13. The molecule has 0 aliphatic rings. The molecule has 0 amide bonds. The highest BCUT2D eigenvalue weighted by atomic mass is 32.1. The largest absolute Gasteiger partial charge is 0.294 e. The van der Waals surface area contributed by atoms with Gasteiger partial charge in [-0.1, -0.05) is 66.7 Å². The zero-order valence-electron chi connectivity index (χ0n) is 19.3. The summed E-state index contributed by atoms with van der Waals surface area (Å²) in [5.74, 6) is 0.943.